The zero-order valence-corrected chi connectivity index (χ0v) is 15.1. The van der Waals surface area contributed by atoms with Crippen LogP contribution in [0.4, 0.5) is 5.82 Å². The van der Waals surface area contributed by atoms with Gasteiger partial charge in [0, 0.05) is 50.0 Å². The molecule has 2 aliphatic heterocycles. The Morgan fingerprint density at radius 3 is 2.88 bits per heavy atom. The predicted octanol–water partition coefficient (Wildman–Crippen LogP) is 1.61. The fraction of sp³-hybridized carbons (Fsp3) is 0.611. The molecule has 0 aliphatic carbocycles. The second kappa shape index (κ2) is 7.09. The molecule has 0 saturated carbocycles. The first-order chi connectivity index (χ1) is 12.2. The van der Waals surface area contributed by atoms with Crippen LogP contribution in [-0.4, -0.2) is 57.4 Å². The first-order valence-corrected chi connectivity index (χ1v) is 9.06. The van der Waals surface area contributed by atoms with Gasteiger partial charge in [0.1, 0.15) is 12.1 Å². The predicted molar refractivity (Wildman–Crippen MR) is 95.4 cm³/mol. The second-order valence-electron chi connectivity index (χ2n) is 7.03. The number of hydrogen-bond donors (Lipinski definition) is 0. The Hall–Kier alpha value is -1.99. The molecular weight excluding hydrogens is 316 g/mol. The molecule has 7 nitrogen and oxygen atoms in total. The minimum absolute atomic E-state index is 0.537. The van der Waals surface area contributed by atoms with E-state index in [9.17, 15) is 0 Å². The van der Waals surface area contributed by atoms with Crippen molar-refractivity contribution in [3.63, 3.8) is 0 Å². The molecule has 0 aromatic carbocycles. The number of rotatable bonds is 4. The van der Waals surface area contributed by atoms with E-state index < -0.39 is 0 Å². The van der Waals surface area contributed by atoms with Crippen LogP contribution in [-0.2, 0) is 24.4 Å². The maximum Gasteiger partial charge on any atom is 0.132 e. The summed E-state index contributed by atoms with van der Waals surface area (Å²) in [4.78, 5) is 13.4. The lowest BCUT2D eigenvalue weighted by molar-refractivity contribution is 0.0784. The van der Waals surface area contributed by atoms with Crippen molar-refractivity contribution in [3.8, 4) is 0 Å². The number of anilines is 1. The number of nitrogens with zero attached hydrogens (tertiary/aromatic N) is 6. The zero-order valence-electron chi connectivity index (χ0n) is 15.1. The minimum atomic E-state index is 0.537. The molecule has 7 heteroatoms. The van der Waals surface area contributed by atoms with E-state index in [4.69, 9.17) is 4.74 Å². The van der Waals surface area contributed by atoms with Crippen molar-refractivity contribution in [2.24, 2.45) is 0 Å². The summed E-state index contributed by atoms with van der Waals surface area (Å²) in [6, 6.07) is 2.60. The number of aryl methyl sites for hydroxylation is 1. The van der Waals surface area contributed by atoms with E-state index in [0.717, 1.165) is 57.1 Å². The summed E-state index contributed by atoms with van der Waals surface area (Å²) in [6.07, 6.45) is 5.98. The van der Waals surface area contributed by atoms with E-state index in [0.29, 0.717) is 12.6 Å². The summed E-state index contributed by atoms with van der Waals surface area (Å²) in [5.74, 6) is 1.02. The third kappa shape index (κ3) is 3.52. The van der Waals surface area contributed by atoms with Crippen LogP contribution >= 0.6 is 0 Å². The summed E-state index contributed by atoms with van der Waals surface area (Å²) in [5, 5.41) is 4.50. The molecule has 0 radical (unpaired) electrons. The van der Waals surface area contributed by atoms with Gasteiger partial charge in [0.05, 0.1) is 31.6 Å². The van der Waals surface area contributed by atoms with Crippen LogP contribution < -0.4 is 4.90 Å². The zero-order chi connectivity index (χ0) is 17.2. The van der Waals surface area contributed by atoms with Gasteiger partial charge in [-0.05, 0) is 19.8 Å². The normalized spacial score (nSPS) is 19.0. The quantitative estimate of drug-likeness (QED) is 0.841. The molecular formula is C18H26N6O. The van der Waals surface area contributed by atoms with Gasteiger partial charge >= 0.3 is 0 Å². The first-order valence-electron chi connectivity index (χ1n) is 9.06. The largest absolute Gasteiger partial charge is 0.373 e. The highest BCUT2D eigenvalue weighted by molar-refractivity contribution is 5.39. The van der Waals surface area contributed by atoms with Crippen LogP contribution in [0.3, 0.4) is 0 Å². The van der Waals surface area contributed by atoms with Crippen LogP contribution in [0.25, 0.3) is 0 Å². The number of fused-ring (bicyclic) bond motifs is 1. The van der Waals surface area contributed by atoms with Gasteiger partial charge in [-0.1, -0.05) is 0 Å². The van der Waals surface area contributed by atoms with Crippen molar-refractivity contribution in [2.75, 3.05) is 31.6 Å². The Bertz CT molecular complexity index is 722. The van der Waals surface area contributed by atoms with Gasteiger partial charge in [-0.2, -0.15) is 5.10 Å². The van der Waals surface area contributed by atoms with Gasteiger partial charge in [0.15, 0.2) is 0 Å². The molecule has 1 saturated heterocycles. The highest BCUT2D eigenvalue weighted by atomic mass is 16.5. The molecule has 25 heavy (non-hydrogen) atoms. The van der Waals surface area contributed by atoms with Crippen molar-refractivity contribution >= 4 is 5.82 Å². The first kappa shape index (κ1) is 16.5. The molecule has 0 N–H and O–H groups in total. The monoisotopic (exact) mass is 342 g/mol. The third-order valence-electron chi connectivity index (χ3n) is 5.37. The Labute approximate surface area is 148 Å². The topological polar surface area (TPSA) is 59.3 Å². The molecule has 0 amide bonds. The molecule has 134 valence electrons. The fourth-order valence-corrected chi connectivity index (χ4v) is 3.79. The number of ether oxygens (including phenoxy) is 1. The van der Waals surface area contributed by atoms with E-state index in [-0.39, 0.29) is 0 Å². The third-order valence-corrected chi connectivity index (χ3v) is 5.37. The molecule has 0 bridgehead atoms. The molecule has 4 heterocycles. The van der Waals surface area contributed by atoms with Gasteiger partial charge in [0.2, 0.25) is 0 Å². The fourth-order valence-electron chi connectivity index (χ4n) is 3.79. The maximum absolute atomic E-state index is 5.59. The van der Waals surface area contributed by atoms with Gasteiger partial charge in [-0.25, -0.2) is 9.97 Å². The summed E-state index contributed by atoms with van der Waals surface area (Å²) < 4.78 is 7.69. The maximum atomic E-state index is 5.59. The van der Waals surface area contributed by atoms with E-state index in [1.54, 1.807) is 6.33 Å². The average molecular weight is 342 g/mol. The summed E-state index contributed by atoms with van der Waals surface area (Å²) >= 11 is 0. The Kier molecular flexibility index (Phi) is 4.67. The highest BCUT2D eigenvalue weighted by Gasteiger charge is 2.25. The standard InChI is InChI=1S/C18H26N6O/c1-14-9-18(20-13-19-14)22(2)16-3-5-23(6-4-16)11-15-10-21-24-7-8-25-12-17(15)24/h9-10,13,16H,3-8,11-12H2,1-2H3. The van der Waals surface area contributed by atoms with Crippen LogP contribution in [0.1, 0.15) is 29.8 Å². The van der Waals surface area contributed by atoms with Crippen molar-refractivity contribution in [1.82, 2.24) is 24.6 Å². The van der Waals surface area contributed by atoms with Crippen molar-refractivity contribution in [3.05, 3.63) is 35.5 Å². The number of likely N-dealkylation sites (tertiary alicyclic amines) is 1. The summed E-state index contributed by atoms with van der Waals surface area (Å²) in [6.45, 7) is 7.53. The Morgan fingerprint density at radius 2 is 2.08 bits per heavy atom. The van der Waals surface area contributed by atoms with Crippen LogP contribution in [0.2, 0.25) is 0 Å². The van der Waals surface area contributed by atoms with Crippen LogP contribution in [0.5, 0.6) is 0 Å². The van der Waals surface area contributed by atoms with Gasteiger partial charge in [-0.15, -0.1) is 0 Å². The van der Waals surface area contributed by atoms with Gasteiger partial charge < -0.3 is 9.64 Å². The molecule has 1 fully saturated rings. The van der Waals surface area contributed by atoms with Crippen LogP contribution in [0, 0.1) is 6.92 Å². The number of piperidine rings is 1. The van der Waals surface area contributed by atoms with E-state index in [1.165, 1.54) is 11.3 Å². The number of aromatic nitrogens is 4. The lowest BCUT2D eigenvalue weighted by Crippen LogP contribution is -2.43. The van der Waals surface area contributed by atoms with Crippen molar-refractivity contribution in [2.45, 2.75) is 45.5 Å². The van der Waals surface area contributed by atoms with Crippen LogP contribution in [0.15, 0.2) is 18.6 Å². The minimum Gasteiger partial charge on any atom is -0.373 e. The second-order valence-corrected chi connectivity index (χ2v) is 7.03. The van der Waals surface area contributed by atoms with Crippen molar-refractivity contribution in [1.29, 1.82) is 0 Å². The van der Waals surface area contributed by atoms with E-state index in [2.05, 4.69) is 42.7 Å². The molecule has 0 atom stereocenters. The smallest absolute Gasteiger partial charge is 0.132 e. The molecule has 2 aliphatic rings. The molecule has 4 rings (SSSR count). The molecule has 0 unspecified atom stereocenters. The van der Waals surface area contributed by atoms with E-state index >= 15 is 0 Å². The SMILES string of the molecule is Cc1cc(N(C)C2CCN(Cc3cnn4c3COCC4)CC2)ncn1. The summed E-state index contributed by atoms with van der Waals surface area (Å²) in [7, 11) is 2.15. The molecule has 2 aromatic heterocycles. The van der Waals surface area contributed by atoms with Crippen molar-refractivity contribution < 1.29 is 4.74 Å². The Morgan fingerprint density at radius 1 is 1.24 bits per heavy atom. The lowest BCUT2D eigenvalue weighted by Gasteiger charge is -2.37. The summed E-state index contributed by atoms with van der Waals surface area (Å²) in [5.41, 5.74) is 3.59. The number of hydrogen-bond acceptors (Lipinski definition) is 6. The molecule has 2 aromatic rings. The van der Waals surface area contributed by atoms with Gasteiger partial charge in [0.25, 0.3) is 0 Å². The lowest BCUT2D eigenvalue weighted by atomic mass is 10.0. The van der Waals surface area contributed by atoms with Gasteiger partial charge in [-0.3, -0.25) is 9.58 Å². The average Bonchev–Trinajstić information content (AvgIpc) is 3.05. The molecule has 0 spiro atoms. The Balaban J connectivity index is 1.35. The highest BCUT2D eigenvalue weighted by Crippen LogP contribution is 2.23. The van der Waals surface area contributed by atoms with E-state index in [1.807, 2.05) is 13.1 Å².